The first-order valence-electron chi connectivity index (χ1n) is 10.2. The van der Waals surface area contributed by atoms with E-state index in [0.29, 0.717) is 22.3 Å². The lowest BCUT2D eigenvalue weighted by atomic mass is 10.0. The maximum atomic E-state index is 12.7. The fraction of sp³-hybridized carbons (Fsp3) is 0.261. The van der Waals surface area contributed by atoms with Crippen LogP contribution in [0.5, 0.6) is 0 Å². The van der Waals surface area contributed by atoms with Crippen LogP contribution in [0, 0.1) is 0 Å². The number of imide groups is 1. The van der Waals surface area contributed by atoms with Gasteiger partial charge >= 0.3 is 5.97 Å². The van der Waals surface area contributed by atoms with Crippen molar-refractivity contribution in [1.29, 1.82) is 0 Å². The Hall–Kier alpha value is -4.01. The smallest absolute Gasteiger partial charge is 0.307 e. The third kappa shape index (κ3) is 4.36. The van der Waals surface area contributed by atoms with Crippen molar-refractivity contribution in [3.05, 3.63) is 70.3 Å². The Kier molecular flexibility index (Phi) is 5.72. The zero-order valence-electron chi connectivity index (χ0n) is 17.1. The maximum absolute atomic E-state index is 12.7. The van der Waals surface area contributed by atoms with Gasteiger partial charge < -0.3 is 15.3 Å². The number of piperidine rings is 1. The van der Waals surface area contributed by atoms with Crippen LogP contribution in [0.1, 0.15) is 50.2 Å². The second kappa shape index (κ2) is 8.62. The van der Waals surface area contributed by atoms with Gasteiger partial charge in [0.15, 0.2) is 0 Å². The molecule has 1 atom stereocenters. The average molecular weight is 435 g/mol. The van der Waals surface area contributed by atoms with Gasteiger partial charge in [-0.05, 0) is 41.3 Å². The lowest BCUT2D eigenvalue weighted by molar-refractivity contribution is -0.137. The second-order valence-electron chi connectivity index (χ2n) is 7.85. The minimum atomic E-state index is -0.926. The van der Waals surface area contributed by atoms with Crippen LogP contribution in [0.4, 0.5) is 0 Å². The summed E-state index contributed by atoms with van der Waals surface area (Å²) in [6.07, 6.45) is 0.362. The number of nitrogens with zero attached hydrogens (tertiary/aromatic N) is 1. The molecule has 1 saturated heterocycles. The summed E-state index contributed by atoms with van der Waals surface area (Å²) >= 11 is 0. The van der Waals surface area contributed by atoms with Gasteiger partial charge in [-0.15, -0.1) is 0 Å². The van der Waals surface area contributed by atoms with E-state index < -0.39 is 17.9 Å². The average Bonchev–Trinajstić information content (AvgIpc) is 3.07. The topological polar surface area (TPSA) is 133 Å². The van der Waals surface area contributed by atoms with E-state index >= 15 is 0 Å². The molecule has 9 nitrogen and oxygen atoms in total. The second-order valence-corrected chi connectivity index (χ2v) is 7.85. The molecule has 2 aliphatic rings. The van der Waals surface area contributed by atoms with Crippen molar-refractivity contribution >= 4 is 29.6 Å². The van der Waals surface area contributed by atoms with Gasteiger partial charge in [0.25, 0.3) is 11.8 Å². The predicted molar refractivity (Wildman–Crippen MR) is 111 cm³/mol. The first-order chi connectivity index (χ1) is 15.3. The Bertz CT molecular complexity index is 1140. The Morgan fingerprint density at radius 1 is 1.09 bits per heavy atom. The van der Waals surface area contributed by atoms with Crippen LogP contribution in [0.15, 0.2) is 42.5 Å². The van der Waals surface area contributed by atoms with Crippen LogP contribution in [0.25, 0.3) is 0 Å². The highest BCUT2D eigenvalue weighted by Gasteiger charge is 2.39. The van der Waals surface area contributed by atoms with Crippen LogP contribution in [-0.4, -0.2) is 45.6 Å². The van der Waals surface area contributed by atoms with Gasteiger partial charge in [0.1, 0.15) is 6.04 Å². The van der Waals surface area contributed by atoms with Gasteiger partial charge in [-0.25, -0.2) is 0 Å². The zero-order chi connectivity index (χ0) is 22.8. The van der Waals surface area contributed by atoms with E-state index in [4.69, 9.17) is 5.11 Å². The lowest BCUT2D eigenvalue weighted by Gasteiger charge is -2.29. The molecule has 32 heavy (non-hydrogen) atoms. The number of carboxylic acid groups (broad SMARTS) is 1. The first kappa shape index (κ1) is 21.2. The minimum Gasteiger partial charge on any atom is -0.481 e. The van der Waals surface area contributed by atoms with Crippen LogP contribution in [-0.2, 0) is 33.9 Å². The molecule has 1 unspecified atom stereocenters. The summed E-state index contributed by atoms with van der Waals surface area (Å²) in [5.41, 5.74) is 2.89. The van der Waals surface area contributed by atoms with Crippen LogP contribution >= 0.6 is 0 Å². The minimum absolute atomic E-state index is 0.0929. The number of amides is 4. The van der Waals surface area contributed by atoms with E-state index in [-0.39, 0.29) is 50.1 Å². The number of carbonyl (C=O) groups is 5. The molecule has 2 aromatic rings. The summed E-state index contributed by atoms with van der Waals surface area (Å²) in [4.78, 5) is 61.2. The summed E-state index contributed by atoms with van der Waals surface area (Å²) in [6.45, 7) is 0.420. The van der Waals surface area contributed by atoms with Gasteiger partial charge in [-0.2, -0.15) is 0 Å². The summed E-state index contributed by atoms with van der Waals surface area (Å²) in [6, 6.07) is 11.0. The molecule has 4 rings (SSSR count). The standard InChI is InChI=1S/C23H21N3O6/c27-19-7-6-18(22(31)25-19)26-12-16-10-15(4-5-17(16)23(26)32)21(30)24-11-14-3-1-2-13(8-14)9-20(28)29/h1-5,8,10,18H,6-7,9,11-12H2,(H,24,30)(H,28,29)(H,25,27,31). The van der Waals surface area contributed by atoms with Gasteiger partial charge in [0, 0.05) is 30.6 Å². The highest BCUT2D eigenvalue weighted by molar-refractivity contribution is 6.06. The molecule has 0 saturated carbocycles. The van der Waals surface area contributed by atoms with Crippen molar-refractivity contribution in [1.82, 2.24) is 15.5 Å². The molecule has 9 heteroatoms. The summed E-state index contributed by atoms with van der Waals surface area (Å²) in [5.74, 6) is -2.38. The molecule has 0 bridgehead atoms. The Morgan fingerprint density at radius 2 is 1.88 bits per heavy atom. The van der Waals surface area contributed by atoms with Gasteiger partial charge in [-0.3, -0.25) is 29.3 Å². The zero-order valence-corrected chi connectivity index (χ0v) is 17.1. The molecule has 0 radical (unpaired) electrons. The molecule has 2 aliphatic heterocycles. The number of benzene rings is 2. The Labute approximate surface area is 183 Å². The molecule has 164 valence electrons. The van der Waals surface area contributed by atoms with Crippen LogP contribution < -0.4 is 10.6 Å². The number of hydrogen-bond donors (Lipinski definition) is 3. The van der Waals surface area contributed by atoms with Crippen molar-refractivity contribution in [3.8, 4) is 0 Å². The van der Waals surface area contributed by atoms with E-state index in [1.165, 1.54) is 4.90 Å². The molecule has 3 N–H and O–H groups in total. The van der Waals surface area contributed by atoms with Crippen molar-refractivity contribution in [2.45, 2.75) is 38.4 Å². The Balaban J connectivity index is 1.42. The van der Waals surface area contributed by atoms with Gasteiger partial charge in [0.05, 0.1) is 6.42 Å². The van der Waals surface area contributed by atoms with E-state index in [9.17, 15) is 24.0 Å². The number of rotatable bonds is 6. The quantitative estimate of drug-likeness (QED) is 0.580. The maximum Gasteiger partial charge on any atom is 0.307 e. The summed E-state index contributed by atoms with van der Waals surface area (Å²) in [5, 5.41) is 14.0. The van der Waals surface area contributed by atoms with Gasteiger partial charge in [-0.1, -0.05) is 24.3 Å². The number of fused-ring (bicyclic) bond motifs is 1. The van der Waals surface area contributed by atoms with E-state index in [1.807, 2.05) is 0 Å². The van der Waals surface area contributed by atoms with Crippen molar-refractivity contribution in [2.75, 3.05) is 0 Å². The molecule has 2 aromatic carbocycles. The van der Waals surface area contributed by atoms with E-state index in [1.54, 1.807) is 42.5 Å². The molecular formula is C23H21N3O6. The number of nitrogens with one attached hydrogen (secondary N) is 2. The normalized spacial score (nSPS) is 17.7. The third-order valence-corrected chi connectivity index (χ3v) is 5.59. The molecule has 0 aliphatic carbocycles. The van der Waals surface area contributed by atoms with Gasteiger partial charge in [0.2, 0.25) is 11.8 Å². The Morgan fingerprint density at radius 3 is 2.62 bits per heavy atom. The van der Waals surface area contributed by atoms with Crippen molar-refractivity contribution in [3.63, 3.8) is 0 Å². The van der Waals surface area contributed by atoms with Crippen LogP contribution in [0.2, 0.25) is 0 Å². The monoisotopic (exact) mass is 435 g/mol. The number of carbonyl (C=O) groups excluding carboxylic acids is 4. The van der Waals surface area contributed by atoms with Crippen molar-refractivity contribution < 1.29 is 29.1 Å². The highest BCUT2D eigenvalue weighted by atomic mass is 16.4. The molecule has 2 heterocycles. The highest BCUT2D eigenvalue weighted by Crippen LogP contribution is 2.28. The molecule has 1 fully saturated rings. The fourth-order valence-corrected chi connectivity index (χ4v) is 4.02. The fourth-order valence-electron chi connectivity index (χ4n) is 4.02. The molecular weight excluding hydrogens is 414 g/mol. The SMILES string of the molecule is O=C(O)Cc1cccc(CNC(=O)c2ccc3c(c2)CN(C2CCC(=O)NC2=O)C3=O)c1. The molecule has 4 amide bonds. The van der Waals surface area contributed by atoms with Crippen LogP contribution in [0.3, 0.4) is 0 Å². The summed E-state index contributed by atoms with van der Waals surface area (Å²) in [7, 11) is 0. The number of hydrogen-bond acceptors (Lipinski definition) is 5. The largest absolute Gasteiger partial charge is 0.481 e. The van der Waals surface area contributed by atoms with E-state index in [2.05, 4.69) is 10.6 Å². The number of aliphatic carboxylic acids is 1. The first-order valence-corrected chi connectivity index (χ1v) is 10.2. The lowest BCUT2D eigenvalue weighted by Crippen LogP contribution is -2.52. The third-order valence-electron chi connectivity index (χ3n) is 5.59. The summed E-state index contributed by atoms with van der Waals surface area (Å²) < 4.78 is 0. The van der Waals surface area contributed by atoms with E-state index in [0.717, 1.165) is 5.56 Å². The molecule has 0 spiro atoms. The number of carboxylic acids is 1. The predicted octanol–water partition coefficient (Wildman–Crippen LogP) is 1.00. The van der Waals surface area contributed by atoms with Crippen molar-refractivity contribution in [2.24, 2.45) is 0 Å². The molecule has 0 aromatic heterocycles.